The average Bonchev–Trinajstić information content (AvgIpc) is 3.17. The number of nitrogens with one attached hydrogen (secondary N) is 1. The lowest BCUT2D eigenvalue weighted by Gasteiger charge is -2.32. The number of aromatic nitrogens is 4. The Bertz CT molecular complexity index is 763. The first kappa shape index (κ1) is 19.0. The molecule has 1 N–H and O–H groups in total. The van der Waals surface area contributed by atoms with Crippen molar-refractivity contribution in [2.75, 3.05) is 33.4 Å². The summed E-state index contributed by atoms with van der Waals surface area (Å²) >= 11 is 0. The fourth-order valence-electron chi connectivity index (χ4n) is 3.16. The molecule has 2 aromatic heterocycles. The van der Waals surface area contributed by atoms with E-state index in [0.29, 0.717) is 31.9 Å². The van der Waals surface area contributed by atoms with E-state index < -0.39 is 0 Å². The molecule has 27 heavy (non-hydrogen) atoms. The van der Waals surface area contributed by atoms with Gasteiger partial charge in [-0.2, -0.15) is 0 Å². The maximum Gasteiger partial charge on any atom is 0.273 e. The number of rotatable bonds is 7. The molecular weight excluding hydrogens is 348 g/mol. The minimum absolute atomic E-state index is 0.0444. The topological polar surface area (TPSA) is 102 Å². The number of likely N-dealkylation sites (tertiary alicyclic amines) is 1. The lowest BCUT2D eigenvalue weighted by molar-refractivity contribution is 0.0653. The molecule has 0 aliphatic carbocycles. The molecular formula is C18H24N6O3. The van der Waals surface area contributed by atoms with Gasteiger partial charge in [0, 0.05) is 39.5 Å². The highest BCUT2D eigenvalue weighted by Crippen LogP contribution is 2.19. The van der Waals surface area contributed by atoms with E-state index in [-0.39, 0.29) is 23.4 Å². The van der Waals surface area contributed by atoms with Crippen LogP contribution in [0.1, 0.15) is 33.8 Å². The smallest absolute Gasteiger partial charge is 0.273 e. The van der Waals surface area contributed by atoms with Gasteiger partial charge < -0.3 is 15.0 Å². The standard InChI is InChI=1S/C18H24N6O3/c1-27-10-8-20-17(25)16-13-24(22-21-16)12-14-5-4-9-23(11-14)18(26)15-6-2-3-7-19-15/h2-3,6-7,13-14H,4-5,8-12H2,1H3,(H,20,25)/t14-/m0/s1. The quantitative estimate of drug-likeness (QED) is 0.714. The summed E-state index contributed by atoms with van der Waals surface area (Å²) in [6.45, 7) is 2.86. The van der Waals surface area contributed by atoms with Gasteiger partial charge in [-0.25, -0.2) is 0 Å². The first-order chi connectivity index (χ1) is 13.2. The zero-order valence-corrected chi connectivity index (χ0v) is 15.4. The number of ether oxygens (including phenoxy) is 1. The van der Waals surface area contributed by atoms with Crippen LogP contribution in [0, 0.1) is 5.92 Å². The third-order valence-corrected chi connectivity index (χ3v) is 4.50. The van der Waals surface area contributed by atoms with Gasteiger partial charge in [0.15, 0.2) is 5.69 Å². The molecule has 1 aliphatic rings. The molecule has 2 amide bonds. The first-order valence-electron chi connectivity index (χ1n) is 9.05. The van der Waals surface area contributed by atoms with Crippen molar-refractivity contribution in [3.8, 4) is 0 Å². The maximum atomic E-state index is 12.6. The van der Waals surface area contributed by atoms with Gasteiger partial charge in [0.25, 0.3) is 11.8 Å². The number of methoxy groups -OCH3 is 1. The Hall–Kier alpha value is -2.81. The van der Waals surface area contributed by atoms with Gasteiger partial charge in [-0.15, -0.1) is 5.10 Å². The van der Waals surface area contributed by atoms with Crippen molar-refractivity contribution in [1.29, 1.82) is 0 Å². The van der Waals surface area contributed by atoms with E-state index in [0.717, 1.165) is 19.4 Å². The average molecular weight is 372 g/mol. The zero-order valence-electron chi connectivity index (χ0n) is 15.4. The van der Waals surface area contributed by atoms with Crippen molar-refractivity contribution >= 4 is 11.8 Å². The minimum atomic E-state index is -0.270. The SMILES string of the molecule is COCCNC(=O)c1cn(C[C@H]2CCCN(C(=O)c3ccccn3)C2)nn1. The number of pyridine rings is 1. The molecule has 0 spiro atoms. The molecule has 1 aliphatic heterocycles. The Morgan fingerprint density at radius 2 is 2.22 bits per heavy atom. The second-order valence-corrected chi connectivity index (χ2v) is 6.55. The monoisotopic (exact) mass is 372 g/mol. The van der Waals surface area contributed by atoms with Crippen molar-refractivity contribution in [2.24, 2.45) is 5.92 Å². The first-order valence-corrected chi connectivity index (χ1v) is 9.05. The molecule has 0 radical (unpaired) electrons. The molecule has 0 bridgehead atoms. The maximum absolute atomic E-state index is 12.6. The van der Waals surface area contributed by atoms with Gasteiger partial charge in [0.2, 0.25) is 0 Å². The Kier molecular flexibility index (Phi) is 6.48. The lowest BCUT2D eigenvalue weighted by Crippen LogP contribution is -2.41. The molecule has 1 saturated heterocycles. The second kappa shape index (κ2) is 9.22. The summed E-state index contributed by atoms with van der Waals surface area (Å²) in [5.74, 6) is -0.0523. The number of hydrogen-bond acceptors (Lipinski definition) is 6. The van der Waals surface area contributed by atoms with Crippen LogP contribution < -0.4 is 5.32 Å². The molecule has 9 heteroatoms. The van der Waals surface area contributed by atoms with Crippen LogP contribution in [0.5, 0.6) is 0 Å². The lowest BCUT2D eigenvalue weighted by atomic mass is 9.97. The van der Waals surface area contributed by atoms with Crippen LogP contribution in [0.25, 0.3) is 0 Å². The summed E-state index contributed by atoms with van der Waals surface area (Å²) in [6, 6.07) is 5.34. The van der Waals surface area contributed by atoms with Crippen LogP contribution in [0.2, 0.25) is 0 Å². The summed E-state index contributed by atoms with van der Waals surface area (Å²) in [5.41, 5.74) is 0.747. The second-order valence-electron chi connectivity index (χ2n) is 6.55. The zero-order chi connectivity index (χ0) is 19.1. The van der Waals surface area contributed by atoms with Crippen molar-refractivity contribution < 1.29 is 14.3 Å². The van der Waals surface area contributed by atoms with Crippen LogP contribution in [0.3, 0.4) is 0 Å². The third kappa shape index (κ3) is 5.10. The molecule has 0 aromatic carbocycles. The Morgan fingerprint density at radius 3 is 3.00 bits per heavy atom. The van der Waals surface area contributed by atoms with Crippen molar-refractivity contribution in [3.63, 3.8) is 0 Å². The molecule has 3 heterocycles. The number of nitrogens with zero attached hydrogens (tertiary/aromatic N) is 5. The van der Waals surface area contributed by atoms with Gasteiger partial charge in [-0.3, -0.25) is 19.3 Å². The predicted molar refractivity (Wildman–Crippen MR) is 97.1 cm³/mol. The van der Waals surface area contributed by atoms with E-state index in [2.05, 4.69) is 20.6 Å². The predicted octanol–water partition coefficient (Wildman–Crippen LogP) is 0.602. The van der Waals surface area contributed by atoms with E-state index in [1.54, 1.807) is 36.3 Å². The van der Waals surface area contributed by atoms with Crippen molar-refractivity contribution in [2.45, 2.75) is 19.4 Å². The Morgan fingerprint density at radius 1 is 1.33 bits per heavy atom. The van der Waals surface area contributed by atoms with Gasteiger partial charge in [-0.05, 0) is 30.9 Å². The highest BCUT2D eigenvalue weighted by atomic mass is 16.5. The van der Waals surface area contributed by atoms with Gasteiger partial charge in [-0.1, -0.05) is 11.3 Å². The molecule has 9 nitrogen and oxygen atoms in total. The fraction of sp³-hybridized carbons (Fsp3) is 0.500. The van der Waals surface area contributed by atoms with Gasteiger partial charge >= 0.3 is 0 Å². The van der Waals surface area contributed by atoms with Gasteiger partial charge in [0.05, 0.1) is 12.8 Å². The number of hydrogen-bond donors (Lipinski definition) is 1. The van der Waals surface area contributed by atoms with E-state index in [1.165, 1.54) is 0 Å². The largest absolute Gasteiger partial charge is 0.383 e. The molecule has 0 unspecified atom stereocenters. The molecule has 1 atom stereocenters. The van der Waals surface area contributed by atoms with Crippen LogP contribution in [-0.2, 0) is 11.3 Å². The van der Waals surface area contributed by atoms with Crippen LogP contribution in [-0.4, -0.2) is 70.0 Å². The number of carbonyl (C=O) groups excluding carboxylic acids is 2. The van der Waals surface area contributed by atoms with E-state index in [9.17, 15) is 9.59 Å². The number of carbonyl (C=O) groups is 2. The molecule has 3 rings (SSSR count). The summed E-state index contributed by atoms with van der Waals surface area (Å²) in [4.78, 5) is 30.5. The highest BCUT2D eigenvalue weighted by molar-refractivity contribution is 5.92. The summed E-state index contributed by atoms with van der Waals surface area (Å²) in [6.07, 6.45) is 5.20. The Labute approximate surface area is 157 Å². The van der Waals surface area contributed by atoms with Crippen LogP contribution >= 0.6 is 0 Å². The Balaban J connectivity index is 1.55. The number of piperidine rings is 1. The fourth-order valence-corrected chi connectivity index (χ4v) is 3.16. The van der Waals surface area contributed by atoms with E-state index in [1.807, 2.05) is 11.0 Å². The van der Waals surface area contributed by atoms with Crippen LogP contribution in [0.15, 0.2) is 30.6 Å². The van der Waals surface area contributed by atoms with E-state index >= 15 is 0 Å². The molecule has 144 valence electrons. The van der Waals surface area contributed by atoms with Crippen molar-refractivity contribution in [3.05, 3.63) is 42.0 Å². The molecule has 1 fully saturated rings. The van der Waals surface area contributed by atoms with Crippen molar-refractivity contribution in [1.82, 2.24) is 30.2 Å². The molecule has 0 saturated carbocycles. The molecule has 2 aromatic rings. The highest BCUT2D eigenvalue weighted by Gasteiger charge is 2.25. The number of amides is 2. The van der Waals surface area contributed by atoms with Crippen LogP contribution in [0.4, 0.5) is 0 Å². The minimum Gasteiger partial charge on any atom is -0.383 e. The normalized spacial score (nSPS) is 16.9. The van der Waals surface area contributed by atoms with Gasteiger partial charge in [0.1, 0.15) is 5.69 Å². The summed E-state index contributed by atoms with van der Waals surface area (Å²) in [5, 5.41) is 10.7. The third-order valence-electron chi connectivity index (χ3n) is 4.50. The van der Waals surface area contributed by atoms with E-state index in [4.69, 9.17) is 4.74 Å². The summed E-state index contributed by atoms with van der Waals surface area (Å²) < 4.78 is 6.57. The summed E-state index contributed by atoms with van der Waals surface area (Å²) in [7, 11) is 1.58.